The van der Waals surface area contributed by atoms with Crippen LogP contribution in [0.3, 0.4) is 0 Å². The Kier molecular flexibility index (Phi) is 9.10. The number of aryl methyl sites for hydroxylation is 1. The van der Waals surface area contributed by atoms with E-state index in [1.165, 1.54) is 4.90 Å². The van der Waals surface area contributed by atoms with Crippen LogP contribution in [-0.4, -0.2) is 82.8 Å². The highest BCUT2D eigenvalue weighted by Gasteiger charge is 2.53. The van der Waals surface area contributed by atoms with Crippen molar-refractivity contribution in [2.45, 2.75) is 83.8 Å². The fraction of sp³-hybridized carbons (Fsp3) is 0.613. The standard InChI is InChI=1S/C31H42FN5O5S/c1-18-25(43-17-35-18)20-5-6-21(24(11-20)42-10-7-19-13-33-14-19)15-34-27(39)23-12-22(38)16-37(23)28(40)26(30(2,3)4)36-29(41)31(32)8-9-31/h5-6,11,17,19,22-23,26,33,38H,7-10,12-16H2,1-4H3,(H,34,39)(H,36,41)/t22-,23+,26-/m1/s1. The topological polar surface area (TPSA) is 133 Å². The molecule has 10 nitrogen and oxygen atoms in total. The molecule has 3 aliphatic rings. The highest BCUT2D eigenvalue weighted by atomic mass is 32.1. The second-order valence-electron chi connectivity index (χ2n) is 13.1. The first kappa shape index (κ1) is 31.3. The minimum Gasteiger partial charge on any atom is -0.493 e. The Morgan fingerprint density at radius 2 is 2.02 bits per heavy atom. The van der Waals surface area contributed by atoms with Gasteiger partial charge in [-0.1, -0.05) is 32.9 Å². The summed E-state index contributed by atoms with van der Waals surface area (Å²) < 4.78 is 20.7. The summed E-state index contributed by atoms with van der Waals surface area (Å²) in [6.07, 6.45) is 0.359. The fourth-order valence-corrected chi connectivity index (χ4v) is 6.26. The monoisotopic (exact) mass is 615 g/mol. The Labute approximate surface area is 255 Å². The van der Waals surface area contributed by atoms with Gasteiger partial charge in [0.05, 0.1) is 28.8 Å². The van der Waals surface area contributed by atoms with Gasteiger partial charge in [-0.25, -0.2) is 9.37 Å². The Hall–Kier alpha value is -3.09. The molecule has 1 aliphatic carbocycles. The number of aliphatic hydroxyl groups is 1. The number of hydrogen-bond acceptors (Lipinski definition) is 8. The van der Waals surface area contributed by atoms with Gasteiger partial charge in [-0.15, -0.1) is 11.3 Å². The second-order valence-corrected chi connectivity index (χ2v) is 14.0. The summed E-state index contributed by atoms with van der Waals surface area (Å²) in [7, 11) is 0. The number of β-amino-alcohol motifs (C(OH)–C–C–N with tert-alkyl or cyclic N) is 1. The number of thiazole rings is 1. The molecule has 0 radical (unpaired) electrons. The van der Waals surface area contributed by atoms with E-state index >= 15 is 0 Å². The van der Waals surface area contributed by atoms with Gasteiger partial charge in [0, 0.05) is 25.1 Å². The van der Waals surface area contributed by atoms with E-state index in [0.717, 1.165) is 41.2 Å². The highest BCUT2D eigenvalue weighted by Crippen LogP contribution is 2.40. The van der Waals surface area contributed by atoms with Crippen LogP contribution in [0.15, 0.2) is 23.7 Å². The lowest BCUT2D eigenvalue weighted by Gasteiger charge is -2.35. The molecule has 2 saturated heterocycles. The van der Waals surface area contributed by atoms with Gasteiger partial charge in [-0.05, 0) is 62.2 Å². The first-order chi connectivity index (χ1) is 20.4. The van der Waals surface area contributed by atoms with Gasteiger partial charge in [0.15, 0.2) is 5.67 Å². The lowest BCUT2D eigenvalue weighted by atomic mass is 9.85. The SMILES string of the molecule is Cc1ncsc1-c1ccc(CNC(=O)[C@@H]2C[C@@H](O)CN2C(=O)[C@@H](NC(=O)C2(F)CC2)C(C)(C)C)c(OCCC2CNC2)c1. The van der Waals surface area contributed by atoms with Gasteiger partial charge in [0.25, 0.3) is 5.91 Å². The predicted octanol–water partition coefficient (Wildman–Crippen LogP) is 2.72. The summed E-state index contributed by atoms with van der Waals surface area (Å²) in [5.41, 5.74) is 1.84. The van der Waals surface area contributed by atoms with E-state index in [1.54, 1.807) is 32.1 Å². The molecular weight excluding hydrogens is 573 g/mol. The number of ether oxygens (including phenoxy) is 1. The molecule has 0 spiro atoms. The number of likely N-dealkylation sites (tertiary alicyclic amines) is 1. The second kappa shape index (κ2) is 12.5. The number of halogens is 1. The average molecular weight is 616 g/mol. The summed E-state index contributed by atoms with van der Waals surface area (Å²) >= 11 is 1.56. The van der Waals surface area contributed by atoms with Gasteiger partial charge in [0.1, 0.15) is 17.8 Å². The Morgan fingerprint density at radius 1 is 1.28 bits per heavy atom. The van der Waals surface area contributed by atoms with Crippen molar-refractivity contribution in [3.8, 4) is 16.2 Å². The predicted molar refractivity (Wildman–Crippen MR) is 161 cm³/mol. The summed E-state index contributed by atoms with van der Waals surface area (Å²) in [5, 5.41) is 19.3. The van der Waals surface area contributed by atoms with E-state index in [-0.39, 0.29) is 32.4 Å². The summed E-state index contributed by atoms with van der Waals surface area (Å²) in [6, 6.07) is 3.90. The molecule has 3 fully saturated rings. The minimum atomic E-state index is -1.94. The van der Waals surface area contributed by atoms with Crippen molar-refractivity contribution in [1.82, 2.24) is 25.8 Å². The number of alkyl halides is 1. The molecule has 234 valence electrons. The average Bonchev–Trinajstić information content (AvgIpc) is 3.34. The van der Waals surface area contributed by atoms with Gasteiger partial charge < -0.3 is 30.7 Å². The van der Waals surface area contributed by atoms with Crippen molar-refractivity contribution >= 4 is 29.1 Å². The third-order valence-electron chi connectivity index (χ3n) is 8.53. The Morgan fingerprint density at radius 3 is 2.63 bits per heavy atom. The molecule has 43 heavy (non-hydrogen) atoms. The quantitative estimate of drug-likeness (QED) is 0.306. The van der Waals surface area contributed by atoms with Crippen LogP contribution in [0.25, 0.3) is 10.4 Å². The zero-order chi connectivity index (χ0) is 30.9. The van der Waals surface area contributed by atoms with Crippen molar-refractivity contribution < 1.29 is 28.6 Å². The van der Waals surface area contributed by atoms with Crippen LogP contribution in [0.1, 0.15) is 57.7 Å². The number of aliphatic hydroxyl groups excluding tert-OH is 1. The summed E-state index contributed by atoms with van der Waals surface area (Å²) in [5.74, 6) is -0.469. The van der Waals surface area contributed by atoms with Crippen molar-refractivity contribution in [3.05, 3.63) is 35.0 Å². The maximum atomic E-state index is 14.4. The smallest absolute Gasteiger partial charge is 0.258 e. The first-order valence-corrected chi connectivity index (χ1v) is 15.9. The van der Waals surface area contributed by atoms with Crippen LogP contribution in [0, 0.1) is 18.3 Å². The summed E-state index contributed by atoms with van der Waals surface area (Å²) in [6.45, 7) is 9.93. The number of nitrogens with one attached hydrogen (secondary N) is 3. The third kappa shape index (κ3) is 7.18. The molecule has 5 rings (SSSR count). The van der Waals surface area contributed by atoms with E-state index in [2.05, 4.69) is 20.9 Å². The minimum absolute atomic E-state index is 0.0482. The van der Waals surface area contributed by atoms with Gasteiger partial charge in [-0.2, -0.15) is 0 Å². The Balaban J connectivity index is 1.29. The van der Waals surface area contributed by atoms with Crippen molar-refractivity contribution in [3.63, 3.8) is 0 Å². The van der Waals surface area contributed by atoms with E-state index in [0.29, 0.717) is 18.3 Å². The van der Waals surface area contributed by atoms with Crippen LogP contribution < -0.4 is 20.7 Å². The maximum Gasteiger partial charge on any atom is 0.258 e. The first-order valence-electron chi connectivity index (χ1n) is 15.0. The molecular formula is C31H42FN5O5S. The number of benzene rings is 1. The number of aromatic nitrogens is 1. The number of carbonyl (C=O) groups excluding carboxylic acids is 3. The molecule has 2 aliphatic heterocycles. The van der Waals surface area contributed by atoms with Crippen molar-refractivity contribution in [1.29, 1.82) is 0 Å². The molecule has 3 heterocycles. The van der Waals surface area contributed by atoms with E-state index < -0.39 is 47.0 Å². The van der Waals surface area contributed by atoms with E-state index in [9.17, 15) is 23.9 Å². The lowest BCUT2D eigenvalue weighted by molar-refractivity contribution is -0.145. The van der Waals surface area contributed by atoms with Crippen molar-refractivity contribution in [2.24, 2.45) is 11.3 Å². The van der Waals surface area contributed by atoms with Gasteiger partial charge in [-0.3, -0.25) is 14.4 Å². The molecule has 12 heteroatoms. The summed E-state index contributed by atoms with van der Waals surface area (Å²) in [4.78, 5) is 46.4. The van der Waals surface area contributed by atoms with Crippen LogP contribution in [-0.2, 0) is 20.9 Å². The molecule has 3 amide bonds. The zero-order valence-electron chi connectivity index (χ0n) is 25.2. The molecule has 1 saturated carbocycles. The number of hydrogen-bond donors (Lipinski definition) is 4. The molecule has 4 N–H and O–H groups in total. The van der Waals surface area contributed by atoms with E-state index in [4.69, 9.17) is 4.74 Å². The largest absolute Gasteiger partial charge is 0.493 e. The van der Waals surface area contributed by atoms with E-state index in [1.807, 2.05) is 30.6 Å². The van der Waals surface area contributed by atoms with Crippen LogP contribution in [0.5, 0.6) is 5.75 Å². The number of amides is 3. The maximum absolute atomic E-state index is 14.4. The fourth-order valence-electron chi connectivity index (χ4n) is 5.46. The zero-order valence-corrected chi connectivity index (χ0v) is 26.1. The molecule has 1 aromatic heterocycles. The molecule has 2 aromatic rings. The number of nitrogens with zero attached hydrogens (tertiary/aromatic N) is 2. The molecule has 0 unspecified atom stereocenters. The number of rotatable bonds is 11. The van der Waals surface area contributed by atoms with Gasteiger partial charge in [0.2, 0.25) is 11.8 Å². The van der Waals surface area contributed by atoms with Crippen LogP contribution >= 0.6 is 11.3 Å². The molecule has 3 atom stereocenters. The molecule has 1 aromatic carbocycles. The van der Waals surface area contributed by atoms with Crippen molar-refractivity contribution in [2.75, 3.05) is 26.2 Å². The number of carbonyl (C=O) groups is 3. The molecule has 0 bridgehead atoms. The Bertz CT molecular complexity index is 1350. The highest BCUT2D eigenvalue weighted by molar-refractivity contribution is 7.13. The van der Waals surface area contributed by atoms with Gasteiger partial charge >= 0.3 is 0 Å². The normalized spacial score (nSPS) is 22.0. The van der Waals surface area contributed by atoms with Crippen LogP contribution in [0.4, 0.5) is 4.39 Å². The lowest BCUT2D eigenvalue weighted by Crippen LogP contribution is -2.59. The third-order valence-corrected chi connectivity index (χ3v) is 9.50. The van der Waals surface area contributed by atoms with Crippen LogP contribution in [0.2, 0.25) is 0 Å².